The highest BCUT2D eigenvalue weighted by Gasteiger charge is 2.13. The maximum absolute atomic E-state index is 10.8. The van der Waals surface area contributed by atoms with Crippen LogP contribution in [0.5, 0.6) is 0 Å². The van der Waals surface area contributed by atoms with Crippen molar-refractivity contribution in [2.45, 2.75) is 13.0 Å². The van der Waals surface area contributed by atoms with Crippen molar-refractivity contribution in [1.82, 2.24) is 9.78 Å². The molecule has 1 N–H and O–H groups in total. The Kier molecular flexibility index (Phi) is 4.01. The Morgan fingerprint density at radius 2 is 1.55 bits per heavy atom. The minimum absolute atomic E-state index is 0.0597. The van der Waals surface area contributed by atoms with Crippen LogP contribution in [0.4, 0.5) is 0 Å². The maximum Gasteiger partial charge on any atom is 0.305 e. The van der Waals surface area contributed by atoms with E-state index in [9.17, 15) is 4.79 Å². The van der Waals surface area contributed by atoms with Crippen molar-refractivity contribution in [3.05, 3.63) is 66.9 Å². The molecule has 0 bridgehead atoms. The largest absolute Gasteiger partial charge is 0.481 e. The number of aromatic nitrogens is 2. The summed E-state index contributed by atoms with van der Waals surface area (Å²) in [7, 11) is 0. The van der Waals surface area contributed by atoms with E-state index in [0.717, 1.165) is 22.4 Å². The van der Waals surface area contributed by atoms with Crippen LogP contribution in [0, 0.1) is 0 Å². The Hall–Kier alpha value is -2.88. The van der Waals surface area contributed by atoms with Gasteiger partial charge in [-0.1, -0.05) is 60.7 Å². The highest BCUT2D eigenvalue weighted by atomic mass is 16.4. The number of carboxylic acid groups (broad SMARTS) is 1. The number of carboxylic acids is 1. The average Bonchev–Trinajstić information content (AvgIpc) is 2.99. The molecule has 1 aromatic heterocycles. The SMILES string of the molecule is O=C(O)CCn1cc(-c2ccccc2)c(-c2ccccc2)n1. The molecule has 4 heteroatoms. The highest BCUT2D eigenvalue weighted by molar-refractivity contribution is 5.80. The van der Waals surface area contributed by atoms with E-state index in [1.165, 1.54) is 0 Å². The molecule has 3 rings (SSSR count). The molecule has 3 aromatic rings. The smallest absolute Gasteiger partial charge is 0.305 e. The van der Waals surface area contributed by atoms with E-state index < -0.39 is 5.97 Å². The van der Waals surface area contributed by atoms with E-state index in [-0.39, 0.29) is 6.42 Å². The van der Waals surface area contributed by atoms with Gasteiger partial charge in [-0.2, -0.15) is 5.10 Å². The molecule has 2 aromatic carbocycles. The zero-order chi connectivity index (χ0) is 15.4. The standard InChI is InChI=1S/C18H16N2O2/c21-17(22)11-12-20-13-16(14-7-3-1-4-8-14)18(19-20)15-9-5-2-6-10-15/h1-10,13H,11-12H2,(H,21,22). The third-order valence-corrected chi connectivity index (χ3v) is 3.45. The molecule has 0 aliphatic carbocycles. The van der Waals surface area contributed by atoms with Gasteiger partial charge in [-0.05, 0) is 5.56 Å². The molecule has 0 aliphatic heterocycles. The van der Waals surface area contributed by atoms with Crippen molar-refractivity contribution in [2.75, 3.05) is 0 Å². The number of rotatable bonds is 5. The third-order valence-electron chi connectivity index (χ3n) is 3.45. The molecule has 0 aliphatic rings. The second kappa shape index (κ2) is 6.26. The first-order valence-electron chi connectivity index (χ1n) is 7.14. The van der Waals surface area contributed by atoms with E-state index in [0.29, 0.717) is 6.54 Å². The average molecular weight is 292 g/mol. The lowest BCUT2D eigenvalue weighted by Gasteiger charge is -2.02. The summed E-state index contributed by atoms with van der Waals surface area (Å²) in [4.78, 5) is 10.8. The van der Waals surface area contributed by atoms with Gasteiger partial charge in [-0.25, -0.2) is 0 Å². The van der Waals surface area contributed by atoms with Crippen LogP contribution in [-0.2, 0) is 11.3 Å². The van der Waals surface area contributed by atoms with Crippen LogP contribution in [0.1, 0.15) is 6.42 Å². The van der Waals surface area contributed by atoms with Crippen molar-refractivity contribution in [2.24, 2.45) is 0 Å². The number of aliphatic carboxylic acids is 1. The van der Waals surface area contributed by atoms with Crippen LogP contribution in [-0.4, -0.2) is 20.9 Å². The van der Waals surface area contributed by atoms with Crippen molar-refractivity contribution < 1.29 is 9.90 Å². The minimum atomic E-state index is -0.821. The molecule has 1 heterocycles. The molecule has 0 fully saturated rings. The van der Waals surface area contributed by atoms with Crippen molar-refractivity contribution in [1.29, 1.82) is 0 Å². The number of nitrogens with zero attached hydrogens (tertiary/aromatic N) is 2. The van der Waals surface area contributed by atoms with E-state index in [2.05, 4.69) is 5.10 Å². The van der Waals surface area contributed by atoms with Crippen LogP contribution in [0.2, 0.25) is 0 Å². The molecule has 0 spiro atoms. The molecule has 0 amide bonds. The number of carbonyl (C=O) groups is 1. The van der Waals surface area contributed by atoms with Gasteiger partial charge in [0.05, 0.1) is 13.0 Å². The quantitative estimate of drug-likeness (QED) is 0.780. The van der Waals surface area contributed by atoms with Gasteiger partial charge in [-0.15, -0.1) is 0 Å². The van der Waals surface area contributed by atoms with Gasteiger partial charge in [0.1, 0.15) is 5.69 Å². The predicted molar refractivity (Wildman–Crippen MR) is 85.4 cm³/mol. The Balaban J connectivity index is 2.04. The molecule has 0 saturated carbocycles. The first-order valence-corrected chi connectivity index (χ1v) is 7.14. The molecule has 0 unspecified atom stereocenters. The third kappa shape index (κ3) is 3.06. The van der Waals surface area contributed by atoms with Gasteiger partial charge < -0.3 is 5.11 Å². The monoisotopic (exact) mass is 292 g/mol. The summed E-state index contributed by atoms with van der Waals surface area (Å²) in [5.74, 6) is -0.821. The first-order chi connectivity index (χ1) is 10.7. The number of benzene rings is 2. The number of aryl methyl sites for hydroxylation is 1. The fourth-order valence-corrected chi connectivity index (χ4v) is 2.38. The van der Waals surface area contributed by atoms with Crippen molar-refractivity contribution >= 4 is 5.97 Å². The van der Waals surface area contributed by atoms with Crippen molar-refractivity contribution in [3.8, 4) is 22.4 Å². The van der Waals surface area contributed by atoms with E-state index in [4.69, 9.17) is 5.11 Å². The maximum atomic E-state index is 10.8. The fraction of sp³-hybridized carbons (Fsp3) is 0.111. The fourth-order valence-electron chi connectivity index (χ4n) is 2.38. The lowest BCUT2D eigenvalue weighted by molar-refractivity contribution is -0.137. The van der Waals surface area contributed by atoms with Gasteiger partial charge in [0.15, 0.2) is 0 Å². The summed E-state index contributed by atoms with van der Waals surface area (Å²) < 4.78 is 1.71. The molecule has 0 atom stereocenters. The van der Waals surface area contributed by atoms with Gasteiger partial charge in [0.2, 0.25) is 0 Å². The zero-order valence-electron chi connectivity index (χ0n) is 12.0. The Bertz CT molecular complexity index is 707. The van der Waals surface area contributed by atoms with Crippen molar-refractivity contribution in [3.63, 3.8) is 0 Å². The minimum Gasteiger partial charge on any atom is -0.481 e. The normalized spacial score (nSPS) is 10.5. The Labute approximate surface area is 128 Å². The van der Waals surface area contributed by atoms with E-state index in [1.807, 2.05) is 66.9 Å². The zero-order valence-corrected chi connectivity index (χ0v) is 12.0. The molecule has 4 nitrogen and oxygen atoms in total. The Morgan fingerprint density at radius 1 is 0.955 bits per heavy atom. The van der Waals surface area contributed by atoms with Gasteiger partial charge >= 0.3 is 5.97 Å². The summed E-state index contributed by atoms with van der Waals surface area (Å²) in [5.41, 5.74) is 3.98. The lowest BCUT2D eigenvalue weighted by Crippen LogP contribution is -2.04. The number of hydrogen-bond acceptors (Lipinski definition) is 2. The summed E-state index contributed by atoms with van der Waals surface area (Å²) in [6.45, 7) is 0.363. The Morgan fingerprint density at radius 3 is 2.14 bits per heavy atom. The highest BCUT2D eigenvalue weighted by Crippen LogP contribution is 2.30. The van der Waals surface area contributed by atoms with E-state index >= 15 is 0 Å². The molecular weight excluding hydrogens is 276 g/mol. The summed E-state index contributed by atoms with van der Waals surface area (Å²) >= 11 is 0. The molecular formula is C18H16N2O2. The van der Waals surface area contributed by atoms with Gasteiger partial charge in [0, 0.05) is 17.3 Å². The van der Waals surface area contributed by atoms with Gasteiger partial charge in [-0.3, -0.25) is 9.48 Å². The summed E-state index contributed by atoms with van der Waals surface area (Å²) in [6.07, 6.45) is 1.98. The second-order valence-corrected chi connectivity index (χ2v) is 5.03. The first kappa shape index (κ1) is 14.1. The topological polar surface area (TPSA) is 55.1 Å². The summed E-state index contributed by atoms with van der Waals surface area (Å²) in [6, 6.07) is 19.9. The summed E-state index contributed by atoms with van der Waals surface area (Å²) in [5, 5.41) is 13.4. The van der Waals surface area contributed by atoms with Crippen LogP contribution < -0.4 is 0 Å². The molecule has 0 saturated heterocycles. The lowest BCUT2D eigenvalue weighted by atomic mass is 10.0. The van der Waals surface area contributed by atoms with Gasteiger partial charge in [0.25, 0.3) is 0 Å². The molecule has 0 radical (unpaired) electrons. The molecule has 22 heavy (non-hydrogen) atoms. The number of hydrogen-bond donors (Lipinski definition) is 1. The van der Waals surface area contributed by atoms with Crippen LogP contribution in [0.3, 0.4) is 0 Å². The van der Waals surface area contributed by atoms with Crippen LogP contribution in [0.15, 0.2) is 66.9 Å². The second-order valence-electron chi connectivity index (χ2n) is 5.03. The van der Waals surface area contributed by atoms with Crippen LogP contribution in [0.25, 0.3) is 22.4 Å². The molecule has 110 valence electrons. The van der Waals surface area contributed by atoms with E-state index in [1.54, 1.807) is 4.68 Å². The predicted octanol–water partition coefficient (Wildman–Crippen LogP) is 3.69. The van der Waals surface area contributed by atoms with Crippen LogP contribution >= 0.6 is 0 Å².